The zero-order chi connectivity index (χ0) is 40.5. The fraction of sp³-hybridized carbons (Fsp3) is 0.417. The van der Waals surface area contributed by atoms with Gasteiger partial charge in [0.05, 0.1) is 11.1 Å². The third kappa shape index (κ3) is 8.23. The van der Waals surface area contributed by atoms with Gasteiger partial charge in [-0.05, 0) is 141 Å². The van der Waals surface area contributed by atoms with E-state index in [4.69, 9.17) is 4.74 Å². The van der Waals surface area contributed by atoms with Crippen molar-refractivity contribution in [3.63, 3.8) is 0 Å². The summed E-state index contributed by atoms with van der Waals surface area (Å²) in [4.78, 5) is 56.5. The van der Waals surface area contributed by atoms with Crippen LogP contribution in [-0.2, 0) is 16.0 Å². The Bertz CT molecular complexity index is 2200. The zero-order valence-electron chi connectivity index (χ0n) is 33.5. The van der Waals surface area contributed by atoms with Gasteiger partial charge in [0.1, 0.15) is 24.1 Å². The monoisotopic (exact) mass is 795 g/mol. The maximum absolute atomic E-state index is 13.4. The molecule has 0 spiro atoms. The maximum Gasteiger partial charge on any atom is 0.262 e. The van der Waals surface area contributed by atoms with Crippen molar-refractivity contribution in [3.05, 3.63) is 124 Å². The summed E-state index contributed by atoms with van der Waals surface area (Å²) in [5, 5.41) is 16.3. The molecule has 0 aromatic heterocycles. The third-order valence-electron chi connectivity index (χ3n) is 13.3. The standard InChI is InChI=1S/C48H53N5O6/c54-37-12-17-40-34(27-37)10-15-39(32-5-2-1-3-6-32)45(40)33-8-13-38(14-9-33)59-26-25-51-23-20-31(21-24-51)29-49-35-7-4-22-52(30-35)36-11-16-41-42(28-36)48(58)53(47(41)57)43-18-19-44(55)50-46(43)56/h1-3,5-6,8-9,11-14,16-17,27-28,31,35,39,43,45,49,54H,4,7,10,15,18-26,29-30H2,(H,50,55,56)/t35-,39-,43?,45+/m1/s1. The summed E-state index contributed by atoms with van der Waals surface area (Å²) in [5.41, 5.74) is 6.69. The van der Waals surface area contributed by atoms with Crippen molar-refractivity contribution in [2.45, 2.75) is 75.3 Å². The molecule has 4 aromatic rings. The minimum Gasteiger partial charge on any atom is -0.508 e. The van der Waals surface area contributed by atoms with E-state index in [1.165, 1.54) is 22.3 Å². The number of aromatic hydroxyl groups is 1. The highest BCUT2D eigenvalue weighted by Gasteiger charge is 2.45. The number of phenols is 1. The SMILES string of the molecule is O=C1CCC(N2C(=O)c3ccc(N4CCC[C@@H](NCC5CCN(CCOc6ccc([C@@H]7c8ccc(O)cc8CC[C@@H]7c7ccccc7)cc6)CC5)C4)cc3C2=O)C(=O)N1. The molecule has 11 heteroatoms. The lowest BCUT2D eigenvalue weighted by Crippen LogP contribution is -2.54. The molecule has 59 heavy (non-hydrogen) atoms. The van der Waals surface area contributed by atoms with Crippen LogP contribution in [0, 0.1) is 5.92 Å². The number of hydrogen-bond donors (Lipinski definition) is 3. The lowest BCUT2D eigenvalue weighted by molar-refractivity contribution is -0.136. The van der Waals surface area contributed by atoms with E-state index in [2.05, 4.69) is 81.1 Å². The van der Waals surface area contributed by atoms with Gasteiger partial charge in [0, 0.05) is 43.7 Å². The molecule has 3 N–H and O–H groups in total. The first-order valence-corrected chi connectivity index (χ1v) is 21.4. The van der Waals surface area contributed by atoms with Crippen LogP contribution in [0.25, 0.3) is 0 Å². The van der Waals surface area contributed by atoms with Crippen LogP contribution in [0.1, 0.15) is 99.8 Å². The number of benzene rings is 4. The molecule has 4 amide bonds. The topological polar surface area (TPSA) is 132 Å². The number of likely N-dealkylation sites (tertiary alicyclic amines) is 1. The number of nitrogens with one attached hydrogen (secondary N) is 2. The normalized spacial score (nSPS) is 23.9. The first-order valence-electron chi connectivity index (χ1n) is 21.4. The smallest absolute Gasteiger partial charge is 0.262 e. The summed E-state index contributed by atoms with van der Waals surface area (Å²) in [6.07, 6.45) is 6.65. The highest BCUT2D eigenvalue weighted by atomic mass is 16.5. The van der Waals surface area contributed by atoms with Crippen LogP contribution < -0.4 is 20.3 Å². The predicted molar refractivity (Wildman–Crippen MR) is 225 cm³/mol. The van der Waals surface area contributed by atoms with Gasteiger partial charge in [0.15, 0.2) is 0 Å². The van der Waals surface area contributed by atoms with Crippen molar-refractivity contribution < 1.29 is 29.0 Å². The molecule has 0 bridgehead atoms. The van der Waals surface area contributed by atoms with E-state index >= 15 is 0 Å². The van der Waals surface area contributed by atoms with Gasteiger partial charge in [-0.25, -0.2) is 0 Å². The number of carbonyl (C=O) groups excluding carboxylic acids is 4. The number of imide groups is 2. The first-order chi connectivity index (χ1) is 28.8. The molecule has 1 unspecified atom stereocenters. The molecule has 306 valence electrons. The second kappa shape index (κ2) is 17.0. The number of phenolic OH excluding ortho intramolecular Hbond substituents is 1. The van der Waals surface area contributed by atoms with E-state index < -0.39 is 23.8 Å². The second-order valence-corrected chi connectivity index (χ2v) is 17.0. The van der Waals surface area contributed by atoms with E-state index in [0.717, 1.165) is 94.1 Å². The number of aryl methyl sites for hydroxylation is 1. The molecule has 1 aliphatic carbocycles. The summed E-state index contributed by atoms with van der Waals surface area (Å²) < 4.78 is 6.27. The largest absolute Gasteiger partial charge is 0.508 e. The van der Waals surface area contributed by atoms with Crippen molar-refractivity contribution in [2.75, 3.05) is 50.8 Å². The van der Waals surface area contributed by atoms with Crippen LogP contribution in [0.15, 0.2) is 91.0 Å². The summed E-state index contributed by atoms with van der Waals surface area (Å²) in [5.74, 6) is 0.502. The number of fused-ring (bicyclic) bond motifs is 2. The Morgan fingerprint density at radius 1 is 0.763 bits per heavy atom. The Morgan fingerprint density at radius 2 is 1.56 bits per heavy atom. The molecule has 0 saturated carbocycles. The molecule has 9 rings (SSSR count). The summed E-state index contributed by atoms with van der Waals surface area (Å²) in [6.45, 7) is 6.33. The number of nitrogens with zero attached hydrogens (tertiary/aromatic N) is 3. The molecule has 4 atom stereocenters. The zero-order valence-corrected chi connectivity index (χ0v) is 33.5. The maximum atomic E-state index is 13.4. The van der Waals surface area contributed by atoms with Gasteiger partial charge >= 0.3 is 0 Å². The van der Waals surface area contributed by atoms with Crippen LogP contribution >= 0.6 is 0 Å². The Hall–Kier alpha value is -5.52. The minimum absolute atomic E-state index is 0.101. The molecule has 4 heterocycles. The third-order valence-corrected chi connectivity index (χ3v) is 13.3. The Kier molecular flexibility index (Phi) is 11.2. The van der Waals surface area contributed by atoms with Crippen molar-refractivity contribution >= 4 is 29.3 Å². The molecule has 3 saturated heterocycles. The number of ether oxygens (including phenoxy) is 1. The second-order valence-electron chi connectivity index (χ2n) is 17.0. The quantitative estimate of drug-likeness (QED) is 0.157. The first kappa shape index (κ1) is 39.0. The fourth-order valence-corrected chi connectivity index (χ4v) is 10.1. The molecule has 0 radical (unpaired) electrons. The van der Waals surface area contributed by atoms with E-state index in [1.807, 2.05) is 18.2 Å². The number of rotatable bonds is 11. The van der Waals surface area contributed by atoms with Crippen LogP contribution in [0.3, 0.4) is 0 Å². The average Bonchev–Trinajstić information content (AvgIpc) is 3.51. The summed E-state index contributed by atoms with van der Waals surface area (Å²) in [6, 6.07) is 30.1. The van der Waals surface area contributed by atoms with Gasteiger partial charge in [0.2, 0.25) is 11.8 Å². The molecular formula is C48H53N5O6. The van der Waals surface area contributed by atoms with Crippen LogP contribution in [0.2, 0.25) is 0 Å². The van der Waals surface area contributed by atoms with Crippen LogP contribution in [0.4, 0.5) is 5.69 Å². The van der Waals surface area contributed by atoms with Crippen LogP contribution in [-0.4, -0.2) is 96.5 Å². The number of amides is 4. The Labute approximate surface area is 345 Å². The highest BCUT2D eigenvalue weighted by molar-refractivity contribution is 6.23. The number of hydrogen-bond acceptors (Lipinski definition) is 9. The van der Waals surface area contributed by atoms with Gasteiger partial charge in [-0.15, -0.1) is 0 Å². The van der Waals surface area contributed by atoms with Gasteiger partial charge in [0.25, 0.3) is 11.8 Å². The summed E-state index contributed by atoms with van der Waals surface area (Å²) >= 11 is 0. The molecule has 3 fully saturated rings. The van der Waals surface area contributed by atoms with Gasteiger partial charge in [-0.1, -0.05) is 48.5 Å². The van der Waals surface area contributed by atoms with Crippen molar-refractivity contribution in [2.24, 2.45) is 5.92 Å². The van der Waals surface area contributed by atoms with Crippen LogP contribution in [0.5, 0.6) is 11.5 Å². The number of carbonyl (C=O) groups is 4. The molecule has 5 aliphatic rings. The van der Waals surface area contributed by atoms with E-state index in [1.54, 1.807) is 12.1 Å². The number of anilines is 1. The Balaban J connectivity index is 0.728. The van der Waals surface area contributed by atoms with Crippen molar-refractivity contribution in [3.8, 4) is 11.5 Å². The lowest BCUT2D eigenvalue weighted by atomic mass is 9.69. The average molecular weight is 796 g/mol. The fourth-order valence-electron chi connectivity index (χ4n) is 10.1. The van der Waals surface area contributed by atoms with Crippen molar-refractivity contribution in [1.82, 2.24) is 20.4 Å². The molecule has 11 nitrogen and oxygen atoms in total. The van der Waals surface area contributed by atoms with Gasteiger partial charge in [-0.2, -0.15) is 0 Å². The predicted octanol–water partition coefficient (Wildman–Crippen LogP) is 6.00. The number of piperidine rings is 3. The van der Waals surface area contributed by atoms with Gasteiger partial charge in [-0.3, -0.25) is 34.3 Å². The highest BCUT2D eigenvalue weighted by Crippen LogP contribution is 2.47. The van der Waals surface area contributed by atoms with E-state index in [-0.39, 0.29) is 24.7 Å². The Morgan fingerprint density at radius 3 is 2.36 bits per heavy atom. The minimum atomic E-state index is -0.963. The molecule has 4 aromatic carbocycles. The summed E-state index contributed by atoms with van der Waals surface area (Å²) in [7, 11) is 0. The van der Waals surface area contributed by atoms with Crippen molar-refractivity contribution in [1.29, 1.82) is 0 Å². The van der Waals surface area contributed by atoms with Gasteiger partial charge < -0.3 is 20.1 Å². The lowest BCUT2D eigenvalue weighted by Gasteiger charge is -2.37. The molecule has 4 aliphatic heterocycles. The molecular weight excluding hydrogens is 743 g/mol. The van der Waals surface area contributed by atoms with E-state index in [0.29, 0.717) is 41.4 Å². The van der Waals surface area contributed by atoms with E-state index in [9.17, 15) is 24.3 Å².